The number of benzene rings is 1. The number of ether oxygens (including phenoxy) is 5. The lowest BCUT2D eigenvalue weighted by molar-refractivity contribution is -0.181. The molecule has 1 aromatic rings. The summed E-state index contributed by atoms with van der Waals surface area (Å²) in [5, 5.41) is 0. The summed E-state index contributed by atoms with van der Waals surface area (Å²) in [4.78, 5) is 52.9. The van der Waals surface area contributed by atoms with E-state index in [0.29, 0.717) is 51.1 Å². The number of piperidine rings is 1. The van der Waals surface area contributed by atoms with E-state index in [2.05, 4.69) is 0 Å². The van der Waals surface area contributed by atoms with Gasteiger partial charge in [-0.05, 0) is 51.8 Å². The van der Waals surface area contributed by atoms with Crippen LogP contribution in [-0.4, -0.2) is 97.5 Å². The van der Waals surface area contributed by atoms with Gasteiger partial charge in [-0.15, -0.1) is 0 Å². The van der Waals surface area contributed by atoms with Crippen molar-refractivity contribution < 1.29 is 42.9 Å². The van der Waals surface area contributed by atoms with E-state index in [4.69, 9.17) is 23.7 Å². The first kappa shape index (κ1) is 27.7. The Kier molecular flexibility index (Phi) is 7.87. The maximum Gasteiger partial charge on any atom is 0.410 e. The van der Waals surface area contributed by atoms with Crippen LogP contribution in [0.15, 0.2) is 18.2 Å². The predicted octanol–water partition coefficient (Wildman–Crippen LogP) is 2.80. The van der Waals surface area contributed by atoms with Crippen molar-refractivity contribution >= 4 is 23.9 Å². The predicted molar refractivity (Wildman–Crippen MR) is 134 cm³/mol. The minimum atomic E-state index is -0.663. The van der Waals surface area contributed by atoms with Gasteiger partial charge in [0.2, 0.25) is 5.91 Å². The van der Waals surface area contributed by atoms with Crippen molar-refractivity contribution in [2.45, 2.75) is 69.8 Å². The second-order valence-electron chi connectivity index (χ2n) is 11.0. The van der Waals surface area contributed by atoms with Gasteiger partial charge < -0.3 is 33.5 Å². The molecule has 1 aromatic carbocycles. The highest BCUT2D eigenvalue weighted by molar-refractivity contribution is 6.03. The molecule has 3 aliphatic rings. The molecule has 0 atom stereocenters. The molecule has 0 unspecified atom stereocenters. The lowest BCUT2D eigenvalue weighted by atomic mass is 9.83. The molecule has 3 fully saturated rings. The molecule has 2 amide bonds. The van der Waals surface area contributed by atoms with Gasteiger partial charge in [-0.1, -0.05) is 0 Å². The Hall–Kier alpha value is -3.34. The molecular weight excluding hydrogens is 496 g/mol. The van der Waals surface area contributed by atoms with Crippen LogP contribution in [0.5, 0.6) is 5.75 Å². The van der Waals surface area contributed by atoms with E-state index in [9.17, 15) is 19.2 Å². The molecule has 4 rings (SSSR count). The molecule has 2 saturated heterocycles. The number of likely N-dealkylation sites (tertiary alicyclic amines) is 1. The van der Waals surface area contributed by atoms with E-state index in [1.54, 1.807) is 11.0 Å². The molecule has 1 saturated carbocycles. The summed E-state index contributed by atoms with van der Waals surface area (Å²) in [6.07, 6.45) is 2.06. The number of morpholine rings is 1. The fourth-order valence-electron chi connectivity index (χ4n) is 5.04. The Morgan fingerprint density at radius 1 is 1.00 bits per heavy atom. The van der Waals surface area contributed by atoms with Crippen molar-refractivity contribution in [1.82, 2.24) is 9.80 Å². The van der Waals surface area contributed by atoms with Gasteiger partial charge in [0.25, 0.3) is 0 Å². The second-order valence-corrected chi connectivity index (χ2v) is 11.0. The smallest absolute Gasteiger partial charge is 0.410 e. The lowest BCUT2D eigenvalue weighted by Crippen LogP contribution is -2.64. The van der Waals surface area contributed by atoms with E-state index in [1.807, 2.05) is 25.7 Å². The molecule has 11 nitrogen and oxygen atoms in total. The van der Waals surface area contributed by atoms with Crippen molar-refractivity contribution in [3.63, 3.8) is 0 Å². The topological polar surface area (TPSA) is 121 Å². The zero-order valence-electron chi connectivity index (χ0n) is 22.6. The fourth-order valence-corrected chi connectivity index (χ4v) is 5.04. The summed E-state index contributed by atoms with van der Waals surface area (Å²) in [5.41, 5.74) is -0.864. The van der Waals surface area contributed by atoms with Crippen LogP contribution in [0.4, 0.5) is 4.79 Å². The third-order valence-corrected chi connectivity index (χ3v) is 7.22. The van der Waals surface area contributed by atoms with E-state index in [0.717, 1.165) is 0 Å². The van der Waals surface area contributed by atoms with Gasteiger partial charge in [-0.25, -0.2) is 14.4 Å². The van der Waals surface area contributed by atoms with Crippen molar-refractivity contribution in [1.29, 1.82) is 0 Å². The second kappa shape index (κ2) is 10.8. The Labute approximate surface area is 222 Å². The fraction of sp³-hybridized carbons (Fsp3) is 0.630. The zero-order valence-corrected chi connectivity index (χ0v) is 22.6. The third kappa shape index (κ3) is 6.03. The van der Waals surface area contributed by atoms with Crippen LogP contribution in [-0.2, 0) is 23.7 Å². The highest BCUT2D eigenvalue weighted by atomic mass is 16.6. The molecule has 1 aliphatic carbocycles. The average molecular weight is 533 g/mol. The summed E-state index contributed by atoms with van der Waals surface area (Å²) in [7, 11) is 2.48. The van der Waals surface area contributed by atoms with Gasteiger partial charge in [0.15, 0.2) is 0 Å². The van der Waals surface area contributed by atoms with E-state index < -0.39 is 23.1 Å². The van der Waals surface area contributed by atoms with Crippen molar-refractivity contribution in [3.8, 4) is 5.75 Å². The van der Waals surface area contributed by atoms with Crippen molar-refractivity contribution in [2.24, 2.45) is 0 Å². The summed E-state index contributed by atoms with van der Waals surface area (Å²) >= 11 is 0. The number of esters is 2. The maximum atomic E-state index is 12.7. The largest absolute Gasteiger partial charge is 0.490 e. The number of carbonyl (C=O) groups excluding carboxylic acids is 4. The molecule has 208 valence electrons. The van der Waals surface area contributed by atoms with E-state index in [1.165, 1.54) is 26.4 Å². The van der Waals surface area contributed by atoms with Crippen molar-refractivity contribution in [3.05, 3.63) is 29.3 Å². The molecule has 11 heteroatoms. The van der Waals surface area contributed by atoms with Crippen LogP contribution in [0, 0.1) is 0 Å². The number of nitrogens with zero attached hydrogens (tertiary/aromatic N) is 2. The van der Waals surface area contributed by atoms with Gasteiger partial charge in [-0.2, -0.15) is 0 Å². The number of rotatable bonds is 5. The van der Waals surface area contributed by atoms with E-state index >= 15 is 0 Å². The van der Waals surface area contributed by atoms with Crippen LogP contribution in [0.3, 0.4) is 0 Å². The molecule has 2 heterocycles. The SMILES string of the molecule is COC(=O)c1ccc(OC2CC(N3CC4(CCN(C(=O)OC(C)(C)C)CC4)OCC3=O)C2)cc1C(=O)OC. The normalized spacial score (nSPS) is 22.9. The number of carbonyl (C=O) groups is 4. The maximum absolute atomic E-state index is 12.7. The summed E-state index contributed by atoms with van der Waals surface area (Å²) < 4.78 is 27.1. The monoisotopic (exact) mass is 532 g/mol. The molecule has 0 bridgehead atoms. The minimum absolute atomic E-state index is 0.0198. The lowest BCUT2D eigenvalue weighted by Gasteiger charge is -2.51. The van der Waals surface area contributed by atoms with Gasteiger partial charge in [-0.3, -0.25) is 4.79 Å². The van der Waals surface area contributed by atoms with Crippen LogP contribution in [0.1, 0.15) is 67.2 Å². The average Bonchev–Trinajstić information content (AvgIpc) is 2.86. The summed E-state index contributed by atoms with van der Waals surface area (Å²) in [6, 6.07) is 4.58. The highest BCUT2D eigenvalue weighted by Gasteiger charge is 2.48. The molecule has 38 heavy (non-hydrogen) atoms. The van der Waals surface area contributed by atoms with E-state index in [-0.39, 0.29) is 41.9 Å². The third-order valence-electron chi connectivity index (χ3n) is 7.22. The molecule has 1 spiro atoms. The van der Waals surface area contributed by atoms with Gasteiger partial charge >= 0.3 is 18.0 Å². The number of hydrogen-bond acceptors (Lipinski definition) is 9. The first-order valence-electron chi connectivity index (χ1n) is 12.8. The Balaban J connectivity index is 1.33. The molecule has 0 N–H and O–H groups in total. The molecule has 0 aromatic heterocycles. The van der Waals surface area contributed by atoms with Gasteiger partial charge in [0.05, 0.1) is 37.5 Å². The summed E-state index contributed by atoms with van der Waals surface area (Å²) in [6.45, 7) is 7.05. The van der Waals surface area contributed by atoms with Crippen molar-refractivity contribution in [2.75, 3.05) is 40.5 Å². The first-order valence-corrected chi connectivity index (χ1v) is 12.8. The minimum Gasteiger partial charge on any atom is -0.490 e. The van der Waals surface area contributed by atoms with Crippen LogP contribution in [0.25, 0.3) is 0 Å². The Morgan fingerprint density at radius 2 is 1.63 bits per heavy atom. The van der Waals surface area contributed by atoms with Crippen LogP contribution < -0.4 is 4.74 Å². The standard InChI is InChI=1S/C27H36N2O9/c1-26(2,3)38-25(33)28-10-8-27(9-11-28)16-29(22(30)15-36-27)17-12-19(13-17)37-18-6-7-20(23(31)34-4)21(14-18)24(32)35-5/h6-7,14,17,19H,8-13,15-16H2,1-5H3. The van der Waals surface area contributed by atoms with Crippen LogP contribution in [0.2, 0.25) is 0 Å². The Bertz CT molecular complexity index is 1080. The number of hydrogen-bond donors (Lipinski definition) is 0. The van der Waals surface area contributed by atoms with Crippen LogP contribution >= 0.6 is 0 Å². The first-order chi connectivity index (χ1) is 17.9. The molecule has 0 radical (unpaired) electrons. The highest BCUT2D eigenvalue weighted by Crippen LogP contribution is 2.37. The number of methoxy groups -OCH3 is 2. The quantitative estimate of drug-likeness (QED) is 0.416. The summed E-state index contributed by atoms with van der Waals surface area (Å²) in [5.74, 6) is -0.925. The Morgan fingerprint density at radius 3 is 2.24 bits per heavy atom. The van der Waals surface area contributed by atoms with Gasteiger partial charge in [0.1, 0.15) is 24.1 Å². The molecular formula is C27H36N2O9. The number of amides is 2. The molecule has 2 aliphatic heterocycles. The zero-order chi connectivity index (χ0) is 27.7. The van der Waals surface area contributed by atoms with Gasteiger partial charge in [0, 0.05) is 32.0 Å².